The fraction of sp³-hybridized carbons (Fsp3) is 0.800. The Bertz CT molecular complexity index is 403. The van der Waals surface area contributed by atoms with Crippen molar-refractivity contribution in [3.8, 4) is 0 Å². The lowest BCUT2D eigenvalue weighted by molar-refractivity contribution is -0.156. The first-order chi connectivity index (χ1) is 9.90. The van der Waals surface area contributed by atoms with Gasteiger partial charge in [0.2, 0.25) is 5.91 Å². The summed E-state index contributed by atoms with van der Waals surface area (Å²) in [7, 11) is 1.34. The molecule has 0 spiro atoms. The molecule has 1 heterocycles. The molecule has 1 rings (SSSR count). The van der Waals surface area contributed by atoms with E-state index in [1.807, 2.05) is 0 Å². The average molecular weight is 299 g/mol. The van der Waals surface area contributed by atoms with Crippen molar-refractivity contribution in [2.24, 2.45) is 11.3 Å². The summed E-state index contributed by atoms with van der Waals surface area (Å²) in [4.78, 5) is 37.1. The standard InChI is InChI=1S/C15H25NO5/c1-4-15(5-2,14(19)20)9-12(17)16-8-6-7-11(10-16)13(18)21-3/h11H,4-10H2,1-3H3,(H,19,20). The van der Waals surface area contributed by atoms with Gasteiger partial charge in [-0.25, -0.2) is 0 Å². The van der Waals surface area contributed by atoms with Gasteiger partial charge < -0.3 is 14.7 Å². The van der Waals surface area contributed by atoms with Crippen LogP contribution in [0.2, 0.25) is 0 Å². The Hall–Kier alpha value is -1.59. The van der Waals surface area contributed by atoms with Gasteiger partial charge in [0.05, 0.1) is 18.4 Å². The van der Waals surface area contributed by atoms with Crippen molar-refractivity contribution in [3.05, 3.63) is 0 Å². The first-order valence-electron chi connectivity index (χ1n) is 7.49. The zero-order valence-electron chi connectivity index (χ0n) is 13.1. The molecule has 120 valence electrons. The minimum Gasteiger partial charge on any atom is -0.481 e. The van der Waals surface area contributed by atoms with E-state index in [0.29, 0.717) is 32.4 Å². The number of carbonyl (C=O) groups excluding carboxylic acids is 2. The summed E-state index contributed by atoms with van der Waals surface area (Å²) in [5, 5.41) is 9.40. The highest BCUT2D eigenvalue weighted by Crippen LogP contribution is 2.32. The van der Waals surface area contributed by atoms with Crippen LogP contribution in [0.5, 0.6) is 0 Å². The topological polar surface area (TPSA) is 83.9 Å². The fourth-order valence-corrected chi connectivity index (χ4v) is 2.84. The molecule has 6 nitrogen and oxygen atoms in total. The van der Waals surface area contributed by atoms with Crippen LogP contribution in [0.15, 0.2) is 0 Å². The lowest BCUT2D eigenvalue weighted by Crippen LogP contribution is -2.45. The molecule has 0 saturated carbocycles. The number of aliphatic carboxylic acids is 1. The normalized spacial score (nSPS) is 19.2. The highest BCUT2D eigenvalue weighted by molar-refractivity contribution is 5.85. The van der Waals surface area contributed by atoms with E-state index in [4.69, 9.17) is 4.74 Å². The van der Waals surface area contributed by atoms with Crippen LogP contribution in [0, 0.1) is 11.3 Å². The molecule has 1 amide bonds. The highest BCUT2D eigenvalue weighted by atomic mass is 16.5. The zero-order chi connectivity index (χ0) is 16.0. The second-order valence-electron chi connectivity index (χ2n) is 5.67. The molecule has 0 aromatic carbocycles. The number of hydrogen-bond acceptors (Lipinski definition) is 4. The van der Waals surface area contributed by atoms with Crippen LogP contribution in [-0.2, 0) is 19.1 Å². The third kappa shape index (κ3) is 3.95. The summed E-state index contributed by atoms with van der Waals surface area (Å²) in [6.45, 7) is 4.49. The maximum atomic E-state index is 12.4. The molecule has 1 unspecified atom stereocenters. The maximum Gasteiger partial charge on any atom is 0.310 e. The van der Waals surface area contributed by atoms with Crippen molar-refractivity contribution in [2.45, 2.75) is 46.0 Å². The van der Waals surface area contributed by atoms with Gasteiger partial charge in [-0.05, 0) is 25.7 Å². The summed E-state index contributed by atoms with van der Waals surface area (Å²) in [5.74, 6) is -1.71. The van der Waals surface area contributed by atoms with Crippen molar-refractivity contribution in [1.82, 2.24) is 4.90 Å². The summed E-state index contributed by atoms with van der Waals surface area (Å²) in [6.07, 6.45) is 2.27. The minimum absolute atomic E-state index is 0.0107. The third-order valence-electron chi connectivity index (χ3n) is 4.61. The fourth-order valence-electron chi connectivity index (χ4n) is 2.84. The van der Waals surface area contributed by atoms with Gasteiger partial charge in [-0.3, -0.25) is 14.4 Å². The Morgan fingerprint density at radius 3 is 2.38 bits per heavy atom. The van der Waals surface area contributed by atoms with E-state index in [-0.39, 0.29) is 24.2 Å². The van der Waals surface area contributed by atoms with Crippen LogP contribution in [0.3, 0.4) is 0 Å². The first-order valence-corrected chi connectivity index (χ1v) is 7.49. The van der Waals surface area contributed by atoms with Gasteiger partial charge in [0.25, 0.3) is 0 Å². The lowest BCUT2D eigenvalue weighted by Gasteiger charge is -2.34. The van der Waals surface area contributed by atoms with Gasteiger partial charge in [-0.1, -0.05) is 13.8 Å². The number of likely N-dealkylation sites (tertiary alicyclic amines) is 1. The predicted octanol–water partition coefficient (Wildman–Crippen LogP) is 1.68. The lowest BCUT2D eigenvalue weighted by atomic mass is 9.78. The van der Waals surface area contributed by atoms with E-state index in [2.05, 4.69) is 0 Å². The van der Waals surface area contributed by atoms with Gasteiger partial charge in [-0.15, -0.1) is 0 Å². The molecule has 21 heavy (non-hydrogen) atoms. The zero-order valence-corrected chi connectivity index (χ0v) is 13.1. The van der Waals surface area contributed by atoms with E-state index in [9.17, 15) is 19.5 Å². The van der Waals surface area contributed by atoms with Crippen molar-refractivity contribution in [3.63, 3.8) is 0 Å². The van der Waals surface area contributed by atoms with Gasteiger partial charge in [0.1, 0.15) is 0 Å². The number of piperidine rings is 1. The smallest absolute Gasteiger partial charge is 0.310 e. The summed E-state index contributed by atoms with van der Waals surface area (Å²) in [5.41, 5.74) is -1.00. The Balaban J connectivity index is 2.74. The minimum atomic E-state index is -1.00. The molecular weight excluding hydrogens is 274 g/mol. The monoisotopic (exact) mass is 299 g/mol. The second-order valence-corrected chi connectivity index (χ2v) is 5.67. The van der Waals surface area contributed by atoms with Crippen LogP contribution in [0.4, 0.5) is 0 Å². The van der Waals surface area contributed by atoms with E-state index >= 15 is 0 Å². The highest BCUT2D eigenvalue weighted by Gasteiger charge is 2.39. The number of hydrogen-bond donors (Lipinski definition) is 1. The molecule has 1 atom stereocenters. The number of ether oxygens (including phenoxy) is 1. The van der Waals surface area contributed by atoms with Crippen molar-refractivity contribution in [2.75, 3.05) is 20.2 Å². The van der Waals surface area contributed by atoms with Gasteiger partial charge >= 0.3 is 11.9 Å². The molecule has 1 aliphatic rings. The molecule has 0 radical (unpaired) electrons. The van der Waals surface area contributed by atoms with E-state index in [0.717, 1.165) is 6.42 Å². The molecule has 1 N–H and O–H groups in total. The maximum absolute atomic E-state index is 12.4. The summed E-state index contributed by atoms with van der Waals surface area (Å²) in [6, 6.07) is 0. The number of rotatable bonds is 6. The Morgan fingerprint density at radius 2 is 1.90 bits per heavy atom. The van der Waals surface area contributed by atoms with Gasteiger partial charge in [-0.2, -0.15) is 0 Å². The Kier molecular flexibility index (Phi) is 6.18. The molecule has 1 fully saturated rings. The molecule has 0 aliphatic carbocycles. The quantitative estimate of drug-likeness (QED) is 0.754. The molecule has 1 saturated heterocycles. The van der Waals surface area contributed by atoms with Crippen LogP contribution >= 0.6 is 0 Å². The van der Waals surface area contributed by atoms with Crippen LogP contribution in [-0.4, -0.2) is 48.1 Å². The second kappa shape index (κ2) is 7.43. The molecule has 0 aromatic rings. The number of esters is 1. The summed E-state index contributed by atoms with van der Waals surface area (Å²) >= 11 is 0. The van der Waals surface area contributed by atoms with E-state index < -0.39 is 11.4 Å². The Labute approximate surface area is 125 Å². The predicted molar refractivity (Wildman–Crippen MR) is 76.6 cm³/mol. The van der Waals surface area contributed by atoms with Crippen LogP contribution < -0.4 is 0 Å². The van der Waals surface area contributed by atoms with Gasteiger partial charge in [0.15, 0.2) is 0 Å². The molecule has 1 aliphatic heterocycles. The molecular formula is C15H25NO5. The number of carboxylic acid groups (broad SMARTS) is 1. The average Bonchev–Trinajstić information content (AvgIpc) is 2.51. The number of methoxy groups -OCH3 is 1. The molecule has 0 aromatic heterocycles. The molecule has 6 heteroatoms. The SMILES string of the molecule is CCC(CC)(CC(=O)N1CCCC(C(=O)OC)C1)C(=O)O. The third-order valence-corrected chi connectivity index (χ3v) is 4.61. The van der Waals surface area contributed by atoms with Crippen LogP contribution in [0.25, 0.3) is 0 Å². The number of carboxylic acids is 1. The van der Waals surface area contributed by atoms with Crippen molar-refractivity contribution < 1.29 is 24.2 Å². The van der Waals surface area contributed by atoms with Crippen molar-refractivity contribution >= 4 is 17.8 Å². The van der Waals surface area contributed by atoms with Crippen LogP contribution in [0.1, 0.15) is 46.0 Å². The summed E-state index contributed by atoms with van der Waals surface area (Å²) < 4.78 is 4.73. The largest absolute Gasteiger partial charge is 0.481 e. The van der Waals surface area contributed by atoms with Gasteiger partial charge in [0, 0.05) is 19.5 Å². The van der Waals surface area contributed by atoms with E-state index in [1.54, 1.807) is 18.7 Å². The molecule has 0 bridgehead atoms. The number of carbonyl (C=O) groups is 3. The van der Waals surface area contributed by atoms with E-state index in [1.165, 1.54) is 7.11 Å². The van der Waals surface area contributed by atoms with Crippen molar-refractivity contribution in [1.29, 1.82) is 0 Å². The first kappa shape index (κ1) is 17.5. The number of nitrogens with zero attached hydrogens (tertiary/aromatic N) is 1. The number of amides is 1. The Morgan fingerprint density at radius 1 is 1.29 bits per heavy atom.